The van der Waals surface area contributed by atoms with Crippen molar-refractivity contribution in [3.63, 3.8) is 0 Å². The lowest BCUT2D eigenvalue weighted by Crippen LogP contribution is -2.54. The minimum absolute atomic E-state index is 0.0624. The van der Waals surface area contributed by atoms with Crippen LogP contribution >= 0.6 is 0 Å². The SMILES string of the molecule is CC(C)CCC[C@@H](COS(=O)(=O)O)[C@H]1CC[C@H]2[C@@H]3CCC4C[C@@H](OS(=O)(=O)O)CC[C@]4(C)[C@H]3CC[C@]12C. The number of hydrogen-bond donors (Lipinski definition) is 2. The second-order valence-electron chi connectivity index (χ2n) is 13.6. The normalized spacial score (nSPS) is 41.2. The van der Waals surface area contributed by atoms with Crippen molar-refractivity contribution in [1.82, 2.24) is 0 Å². The molecule has 2 N–H and O–H groups in total. The van der Waals surface area contributed by atoms with Crippen LogP contribution in [-0.2, 0) is 29.2 Å². The van der Waals surface area contributed by atoms with E-state index in [-0.39, 0.29) is 23.4 Å². The maximum atomic E-state index is 11.4. The molecular formula is C27H48O8S2. The second kappa shape index (κ2) is 11.0. The highest BCUT2D eigenvalue weighted by atomic mass is 32.3. The predicted octanol–water partition coefficient (Wildman–Crippen LogP) is 6.10. The Bertz CT molecular complexity index is 1010. The van der Waals surface area contributed by atoms with Crippen LogP contribution in [-0.4, -0.2) is 38.7 Å². The Kier molecular flexibility index (Phi) is 8.80. The molecule has 0 heterocycles. The van der Waals surface area contributed by atoms with Gasteiger partial charge in [-0.15, -0.1) is 0 Å². The summed E-state index contributed by atoms with van der Waals surface area (Å²) in [7, 11) is -8.89. The van der Waals surface area contributed by atoms with Gasteiger partial charge in [0.25, 0.3) is 0 Å². The topological polar surface area (TPSA) is 127 Å². The van der Waals surface area contributed by atoms with Crippen molar-refractivity contribution in [2.75, 3.05) is 6.61 Å². The van der Waals surface area contributed by atoms with E-state index >= 15 is 0 Å². The van der Waals surface area contributed by atoms with Gasteiger partial charge >= 0.3 is 20.8 Å². The first-order valence-electron chi connectivity index (χ1n) is 14.4. The highest BCUT2D eigenvalue weighted by Gasteiger charge is 2.61. The number of rotatable bonds is 10. The molecule has 0 radical (unpaired) electrons. The number of hydrogen-bond acceptors (Lipinski definition) is 6. The lowest BCUT2D eigenvalue weighted by Gasteiger charge is -2.61. The molecule has 9 atom stereocenters. The van der Waals surface area contributed by atoms with Gasteiger partial charge in [-0.05, 0) is 116 Å². The van der Waals surface area contributed by atoms with Gasteiger partial charge in [0.1, 0.15) is 0 Å². The molecule has 4 aliphatic rings. The summed E-state index contributed by atoms with van der Waals surface area (Å²) in [4.78, 5) is 0. The molecular weight excluding hydrogens is 516 g/mol. The fourth-order valence-electron chi connectivity index (χ4n) is 9.66. The third kappa shape index (κ3) is 6.56. The van der Waals surface area contributed by atoms with E-state index in [1.165, 1.54) is 0 Å². The molecule has 10 heteroatoms. The van der Waals surface area contributed by atoms with Crippen molar-refractivity contribution in [2.45, 2.75) is 111 Å². The van der Waals surface area contributed by atoms with E-state index in [1.54, 1.807) is 0 Å². The van der Waals surface area contributed by atoms with E-state index in [1.807, 2.05) is 0 Å². The van der Waals surface area contributed by atoms with Crippen LogP contribution in [0.15, 0.2) is 0 Å². The summed E-state index contributed by atoms with van der Waals surface area (Å²) in [5.74, 6) is 3.33. The van der Waals surface area contributed by atoms with Crippen LogP contribution in [0.25, 0.3) is 0 Å². The summed E-state index contributed by atoms with van der Waals surface area (Å²) in [6.45, 7) is 9.31. The van der Waals surface area contributed by atoms with Crippen LogP contribution in [0.1, 0.15) is 105 Å². The Morgan fingerprint density at radius 2 is 1.51 bits per heavy atom. The van der Waals surface area contributed by atoms with Crippen LogP contribution in [0.3, 0.4) is 0 Å². The first kappa shape index (κ1) is 29.7. The zero-order valence-corrected chi connectivity index (χ0v) is 24.6. The van der Waals surface area contributed by atoms with Crippen LogP contribution in [0.2, 0.25) is 0 Å². The zero-order chi connectivity index (χ0) is 27.2. The Balaban J connectivity index is 1.48. The van der Waals surface area contributed by atoms with Gasteiger partial charge in [-0.25, -0.2) is 8.37 Å². The van der Waals surface area contributed by atoms with E-state index in [4.69, 9.17) is 8.37 Å². The Labute approximate surface area is 224 Å². The minimum atomic E-state index is -4.46. The molecule has 0 saturated heterocycles. The third-order valence-corrected chi connectivity index (χ3v) is 12.3. The summed E-state index contributed by atoms with van der Waals surface area (Å²) >= 11 is 0. The van der Waals surface area contributed by atoms with Crippen molar-refractivity contribution < 1.29 is 34.3 Å². The van der Waals surface area contributed by atoms with Gasteiger partial charge in [0.15, 0.2) is 0 Å². The molecule has 0 spiro atoms. The average molecular weight is 565 g/mol. The summed E-state index contributed by atoms with van der Waals surface area (Å²) in [5, 5.41) is 0. The first-order chi connectivity index (χ1) is 17.1. The Morgan fingerprint density at radius 3 is 2.16 bits per heavy atom. The minimum Gasteiger partial charge on any atom is -0.264 e. The number of fused-ring (bicyclic) bond motifs is 5. The monoisotopic (exact) mass is 564 g/mol. The molecule has 4 fully saturated rings. The molecule has 8 nitrogen and oxygen atoms in total. The molecule has 4 saturated carbocycles. The first-order valence-corrected chi connectivity index (χ1v) is 17.1. The Morgan fingerprint density at radius 1 is 0.838 bits per heavy atom. The largest absolute Gasteiger partial charge is 0.397 e. The molecule has 0 bridgehead atoms. The lowest BCUT2D eigenvalue weighted by atomic mass is 9.44. The molecule has 4 aliphatic carbocycles. The highest BCUT2D eigenvalue weighted by molar-refractivity contribution is 7.81. The molecule has 216 valence electrons. The van der Waals surface area contributed by atoms with Crippen LogP contribution in [0.4, 0.5) is 0 Å². The van der Waals surface area contributed by atoms with E-state index in [0.29, 0.717) is 48.3 Å². The quantitative estimate of drug-likeness (QED) is 0.305. The van der Waals surface area contributed by atoms with Gasteiger partial charge < -0.3 is 0 Å². The highest BCUT2D eigenvalue weighted by Crippen LogP contribution is 2.68. The van der Waals surface area contributed by atoms with E-state index in [0.717, 1.165) is 64.2 Å². The van der Waals surface area contributed by atoms with Crippen LogP contribution in [0.5, 0.6) is 0 Å². The molecule has 37 heavy (non-hydrogen) atoms. The zero-order valence-electron chi connectivity index (χ0n) is 23.0. The molecule has 1 unspecified atom stereocenters. The summed E-state index contributed by atoms with van der Waals surface area (Å²) in [6.07, 6.45) is 11.6. The molecule has 0 aromatic rings. The third-order valence-electron chi connectivity index (χ3n) is 11.3. The fourth-order valence-corrected chi connectivity index (χ4v) is 10.5. The van der Waals surface area contributed by atoms with Crippen LogP contribution in [0, 0.1) is 52.3 Å². The average Bonchev–Trinajstić information content (AvgIpc) is 3.11. The smallest absolute Gasteiger partial charge is 0.264 e. The summed E-state index contributed by atoms with van der Waals surface area (Å²) in [6, 6.07) is 0. The standard InChI is InChI=1S/C27H48O8S2/c1-18(2)6-5-7-19(17-34-36(28,29)30)23-10-11-24-22-9-8-20-16-21(35-37(31,32)33)12-14-26(20,3)25(22)13-15-27(23,24)4/h18-25H,5-17H2,1-4H3,(H,28,29,30)(H,31,32,33)/t19-,20?,21-,22-,23+,24-,25-,26-,27+/m0/s1. The van der Waals surface area contributed by atoms with Gasteiger partial charge in [-0.1, -0.05) is 40.5 Å². The van der Waals surface area contributed by atoms with Crippen molar-refractivity contribution >= 4 is 20.8 Å². The van der Waals surface area contributed by atoms with Gasteiger partial charge in [0, 0.05) is 0 Å². The lowest BCUT2D eigenvalue weighted by molar-refractivity contribution is -0.128. The van der Waals surface area contributed by atoms with Gasteiger partial charge in [0.2, 0.25) is 0 Å². The maximum absolute atomic E-state index is 11.4. The fraction of sp³-hybridized carbons (Fsp3) is 1.00. The molecule has 4 rings (SSSR count). The van der Waals surface area contributed by atoms with Crippen molar-refractivity contribution in [3.8, 4) is 0 Å². The van der Waals surface area contributed by atoms with E-state index < -0.39 is 26.9 Å². The van der Waals surface area contributed by atoms with Gasteiger partial charge in [-0.3, -0.25) is 9.11 Å². The van der Waals surface area contributed by atoms with Crippen molar-refractivity contribution in [2.24, 2.45) is 52.3 Å². The Hall–Kier alpha value is -0.260. The predicted molar refractivity (Wildman–Crippen MR) is 141 cm³/mol. The molecule has 0 aromatic carbocycles. The van der Waals surface area contributed by atoms with Crippen molar-refractivity contribution in [1.29, 1.82) is 0 Å². The molecule has 0 aliphatic heterocycles. The maximum Gasteiger partial charge on any atom is 0.397 e. The van der Waals surface area contributed by atoms with Crippen LogP contribution < -0.4 is 0 Å². The summed E-state index contributed by atoms with van der Waals surface area (Å²) in [5.41, 5.74) is 0.298. The van der Waals surface area contributed by atoms with Gasteiger partial charge in [0.05, 0.1) is 12.7 Å². The molecule has 0 amide bonds. The van der Waals surface area contributed by atoms with E-state index in [2.05, 4.69) is 27.7 Å². The van der Waals surface area contributed by atoms with Crippen molar-refractivity contribution in [3.05, 3.63) is 0 Å². The second-order valence-corrected chi connectivity index (χ2v) is 15.7. The molecule has 0 aromatic heterocycles. The van der Waals surface area contributed by atoms with E-state index in [9.17, 15) is 25.9 Å². The van der Waals surface area contributed by atoms with Gasteiger partial charge in [-0.2, -0.15) is 16.8 Å². The summed E-state index contributed by atoms with van der Waals surface area (Å²) < 4.78 is 73.9.